The van der Waals surface area contributed by atoms with Gasteiger partial charge in [-0.2, -0.15) is 0 Å². The Morgan fingerprint density at radius 1 is 0.519 bits per heavy atom. The van der Waals surface area contributed by atoms with Gasteiger partial charge < -0.3 is 9.55 Å². The molecule has 0 atom stereocenters. The fourth-order valence-electron chi connectivity index (χ4n) is 7.10. The van der Waals surface area contributed by atoms with Gasteiger partial charge in [-0.3, -0.25) is 9.98 Å². The van der Waals surface area contributed by atoms with Gasteiger partial charge in [0.1, 0.15) is 0 Å². The van der Waals surface area contributed by atoms with E-state index in [1.807, 2.05) is 12.1 Å². The number of nitrogens with zero attached hydrogens (tertiary/aromatic N) is 4. The van der Waals surface area contributed by atoms with Crippen molar-refractivity contribution in [2.24, 2.45) is 9.98 Å². The summed E-state index contributed by atoms with van der Waals surface area (Å²) in [6.07, 6.45) is 10.7. The van der Waals surface area contributed by atoms with Crippen LogP contribution in [0.4, 0.5) is 0 Å². The topological polar surface area (TPSA) is 43.8 Å². The molecule has 52 heavy (non-hydrogen) atoms. The van der Waals surface area contributed by atoms with Crippen molar-refractivity contribution in [1.29, 1.82) is 0 Å². The number of alkyl halides is 1. The second kappa shape index (κ2) is 14.6. The van der Waals surface area contributed by atoms with Crippen LogP contribution in [0.25, 0.3) is 22.3 Å². The summed E-state index contributed by atoms with van der Waals surface area (Å²) in [7, 11) is 0. The van der Waals surface area contributed by atoms with Crippen LogP contribution in [0.2, 0.25) is 0 Å². The molecule has 0 amide bonds. The molecule has 8 bridgehead atoms. The molecule has 3 aliphatic heterocycles. The van der Waals surface area contributed by atoms with Gasteiger partial charge in [0.15, 0.2) is 0 Å². The number of aliphatic imine (C=N–C) groups is 2. The molecule has 0 unspecified atom stereocenters. The Balaban J connectivity index is 0.00000387. The second-order valence-corrected chi connectivity index (χ2v) is 13.3. The molecule has 0 aliphatic carbocycles. The van der Waals surface area contributed by atoms with Crippen molar-refractivity contribution in [3.05, 3.63) is 226 Å². The van der Waals surface area contributed by atoms with Crippen LogP contribution in [-0.2, 0) is 23.0 Å². The Morgan fingerprint density at radius 3 is 1.40 bits per heavy atom. The largest absolute Gasteiger partial charge is 2.00 e. The summed E-state index contributed by atoms with van der Waals surface area (Å²) in [4.78, 5) is 16.1. The van der Waals surface area contributed by atoms with E-state index >= 15 is 0 Å². The van der Waals surface area contributed by atoms with E-state index in [1.54, 1.807) is 0 Å². The monoisotopic (exact) mass is 776 g/mol. The maximum atomic E-state index is 5.40. The molecule has 2 aromatic heterocycles. The van der Waals surface area contributed by atoms with Crippen LogP contribution < -0.4 is 15.7 Å². The van der Waals surface area contributed by atoms with Crippen LogP contribution in [-0.4, -0.2) is 21.3 Å². The first-order valence-electron chi connectivity index (χ1n) is 17.1. The van der Waals surface area contributed by atoms with E-state index in [4.69, 9.17) is 15.0 Å². The maximum Gasteiger partial charge on any atom is 2.00 e. The zero-order chi connectivity index (χ0) is 34.1. The van der Waals surface area contributed by atoms with Gasteiger partial charge in [0.05, 0.1) is 11.4 Å². The van der Waals surface area contributed by atoms with Gasteiger partial charge in [-0.05, 0) is 57.8 Å². The van der Waals surface area contributed by atoms with E-state index in [0.29, 0.717) is 0 Å². The van der Waals surface area contributed by atoms with Crippen molar-refractivity contribution in [3.8, 4) is 0 Å². The fraction of sp³-hybridized carbons (Fsp3) is 0.0435. The van der Waals surface area contributed by atoms with Crippen molar-refractivity contribution in [2.75, 3.05) is 5.33 Å². The summed E-state index contributed by atoms with van der Waals surface area (Å²) in [5.74, 6) is 0. The molecule has 4 nitrogen and oxygen atoms in total. The number of aryl methyl sites for hydroxylation is 1. The molecular formula is C46H31BrN4Ni. The molecule has 252 valence electrons. The van der Waals surface area contributed by atoms with E-state index in [9.17, 15) is 0 Å². The van der Waals surface area contributed by atoms with Gasteiger partial charge in [-0.15, -0.1) is 22.3 Å². The average Bonchev–Trinajstić information content (AvgIpc) is 4.01. The summed E-state index contributed by atoms with van der Waals surface area (Å²) in [5, 5.41) is 2.51. The number of aromatic nitrogens is 2. The zero-order valence-electron chi connectivity index (χ0n) is 28.0. The molecule has 5 heterocycles. The Morgan fingerprint density at radius 2 is 0.942 bits per heavy atom. The van der Waals surface area contributed by atoms with Crippen molar-refractivity contribution in [1.82, 2.24) is 9.55 Å². The smallest absolute Gasteiger partial charge is 0.657 e. The van der Waals surface area contributed by atoms with E-state index < -0.39 is 0 Å². The fourth-order valence-corrected chi connectivity index (χ4v) is 7.48. The minimum atomic E-state index is 0. The first-order chi connectivity index (χ1) is 25.2. The number of fused-ring (bicyclic) bond motifs is 6. The molecule has 0 spiro atoms. The average molecular weight is 778 g/mol. The van der Waals surface area contributed by atoms with Crippen molar-refractivity contribution >= 4 is 49.6 Å². The quantitative estimate of drug-likeness (QED) is 0.0955. The summed E-state index contributed by atoms with van der Waals surface area (Å²) in [6, 6.07) is 50.0. The molecule has 0 saturated carbocycles. The van der Waals surface area contributed by atoms with Gasteiger partial charge in [-0.25, -0.2) is 0 Å². The minimum Gasteiger partial charge on any atom is -0.657 e. The Bertz CT molecular complexity index is 2600. The third-order valence-corrected chi connectivity index (χ3v) is 9.72. The van der Waals surface area contributed by atoms with Crippen LogP contribution in [0.15, 0.2) is 185 Å². The number of halogens is 1. The Hall–Kier alpha value is -5.55. The summed E-state index contributed by atoms with van der Waals surface area (Å²) < 4.78 is 2.29. The standard InChI is InChI=1S/C46H31BrN4.Ni/c47-27-28-51-30-35-29-42(51)46(34-19-11-4-12-20-34)41-26-25-40(50-41)45(33-17-9-3-10-18-33)39-24-23-38(49-39)44(32-15-7-2-8-16-32)37-22-21-36(48-37)43(35)31-13-5-1-6-14-31;/h1-26,30H,27-28H2;/q-2;+2. The van der Waals surface area contributed by atoms with Crippen molar-refractivity contribution < 1.29 is 16.5 Å². The van der Waals surface area contributed by atoms with Gasteiger partial charge in [0.2, 0.25) is 0 Å². The SMILES string of the molecule is BrCCn1cc2[c-]c1C(c1ccccc1)=C1C=CC(=N1)C(c1ccccc1)=c1ccc([n-]1)=C(c1ccccc1)C1=NC(=C2c2ccccc2)C=C1.[Ni+2]. The van der Waals surface area contributed by atoms with E-state index in [-0.39, 0.29) is 16.5 Å². The van der Waals surface area contributed by atoms with Crippen LogP contribution in [0.5, 0.6) is 0 Å². The molecule has 6 heteroatoms. The molecule has 0 N–H and O–H groups in total. The van der Waals surface area contributed by atoms with E-state index in [0.717, 1.165) is 101 Å². The van der Waals surface area contributed by atoms with Crippen molar-refractivity contribution in [3.63, 3.8) is 0 Å². The minimum absolute atomic E-state index is 0. The number of benzene rings is 4. The maximum absolute atomic E-state index is 5.40. The predicted octanol–water partition coefficient (Wildman–Crippen LogP) is 8.29. The Kier molecular flexibility index (Phi) is 9.43. The number of rotatable bonds is 6. The summed E-state index contributed by atoms with van der Waals surface area (Å²) >= 11 is 3.74. The van der Waals surface area contributed by atoms with Gasteiger partial charge in [-0.1, -0.05) is 172 Å². The molecule has 6 aromatic rings. The summed E-state index contributed by atoms with van der Waals surface area (Å²) in [5.41, 5.74) is 13.7. The molecule has 3 aliphatic rings. The molecule has 0 saturated heterocycles. The first kappa shape index (κ1) is 33.6. The van der Waals surface area contributed by atoms with Gasteiger partial charge in [0, 0.05) is 23.3 Å². The first-order valence-corrected chi connectivity index (χ1v) is 18.2. The number of hydrogen-bond donors (Lipinski definition) is 0. The molecule has 0 fully saturated rings. The number of allylic oxidation sites excluding steroid dienone is 4. The zero-order valence-corrected chi connectivity index (χ0v) is 30.6. The van der Waals surface area contributed by atoms with Crippen LogP contribution in [0.1, 0.15) is 33.5 Å². The van der Waals surface area contributed by atoms with Gasteiger partial charge in [0.25, 0.3) is 0 Å². The molecule has 9 rings (SSSR count). The van der Waals surface area contributed by atoms with E-state index in [2.05, 4.69) is 178 Å². The third-order valence-electron chi connectivity index (χ3n) is 9.36. The number of hydrogen-bond acceptors (Lipinski definition) is 2. The van der Waals surface area contributed by atoms with Gasteiger partial charge >= 0.3 is 16.5 Å². The third kappa shape index (κ3) is 6.19. The molecule has 0 radical (unpaired) electrons. The summed E-state index contributed by atoms with van der Waals surface area (Å²) in [6.45, 7) is 0.755. The van der Waals surface area contributed by atoms with Crippen LogP contribution in [0, 0.1) is 6.07 Å². The molecule has 4 aromatic carbocycles. The van der Waals surface area contributed by atoms with Crippen LogP contribution >= 0.6 is 15.9 Å². The van der Waals surface area contributed by atoms with Crippen LogP contribution in [0.3, 0.4) is 0 Å². The van der Waals surface area contributed by atoms with Crippen molar-refractivity contribution in [2.45, 2.75) is 6.54 Å². The Labute approximate surface area is 321 Å². The predicted molar refractivity (Wildman–Crippen MR) is 212 cm³/mol. The second-order valence-electron chi connectivity index (χ2n) is 12.5. The molecular weight excluding hydrogens is 747 g/mol. The van der Waals surface area contributed by atoms with E-state index in [1.165, 1.54) is 0 Å². The normalized spacial score (nSPS) is 14.9.